The lowest BCUT2D eigenvalue weighted by Gasteiger charge is -2.21. The molecule has 1 rings (SSSR count). The van der Waals surface area contributed by atoms with E-state index in [2.05, 4.69) is 12.5 Å². The average molecular weight is 148 g/mol. The van der Waals surface area contributed by atoms with Crippen molar-refractivity contribution >= 4 is 0 Å². The van der Waals surface area contributed by atoms with Crippen LogP contribution < -0.4 is 0 Å². The van der Waals surface area contributed by atoms with E-state index >= 15 is 0 Å². The Morgan fingerprint density at radius 2 is 2.27 bits per heavy atom. The third-order valence-electron chi connectivity index (χ3n) is 2.14. The lowest BCUT2D eigenvalue weighted by Crippen LogP contribution is -2.17. The predicted octanol–water partition coefficient (Wildman–Crippen LogP) is 1.65. The Morgan fingerprint density at radius 3 is 2.82 bits per heavy atom. The summed E-state index contributed by atoms with van der Waals surface area (Å²) in [6, 6.07) is 0. The Morgan fingerprint density at radius 1 is 1.64 bits per heavy atom. The van der Waals surface area contributed by atoms with Crippen molar-refractivity contribution in [1.82, 2.24) is 0 Å². The standard InChI is InChI=1S/C10H12O/c1-4-9-6-5-7(2)10(11)8(9)3/h1,10-11H,2,5-6H2,3H3/t10-/m0/s1. The number of terminal acetylenes is 1. The second-order valence-corrected chi connectivity index (χ2v) is 2.87. The third-order valence-corrected chi connectivity index (χ3v) is 2.14. The van der Waals surface area contributed by atoms with Crippen molar-refractivity contribution in [2.75, 3.05) is 0 Å². The summed E-state index contributed by atoms with van der Waals surface area (Å²) in [6.45, 7) is 5.63. The Labute approximate surface area is 67.4 Å². The lowest BCUT2D eigenvalue weighted by molar-refractivity contribution is 0.237. The maximum Gasteiger partial charge on any atom is 0.0967 e. The van der Waals surface area contributed by atoms with Crippen LogP contribution in [0.15, 0.2) is 23.3 Å². The van der Waals surface area contributed by atoms with Crippen LogP contribution in [-0.4, -0.2) is 11.2 Å². The van der Waals surface area contributed by atoms with Crippen molar-refractivity contribution < 1.29 is 5.11 Å². The molecule has 1 nitrogen and oxygen atoms in total. The molecule has 0 aromatic heterocycles. The maximum absolute atomic E-state index is 9.49. The largest absolute Gasteiger partial charge is 0.384 e. The van der Waals surface area contributed by atoms with Crippen molar-refractivity contribution in [3.63, 3.8) is 0 Å². The molecule has 0 fully saturated rings. The van der Waals surface area contributed by atoms with Crippen molar-refractivity contribution in [3.05, 3.63) is 23.3 Å². The van der Waals surface area contributed by atoms with Crippen LogP contribution in [0.1, 0.15) is 19.8 Å². The Hall–Kier alpha value is -1.00. The molecule has 0 bridgehead atoms. The highest BCUT2D eigenvalue weighted by molar-refractivity contribution is 5.39. The minimum absolute atomic E-state index is 0.505. The van der Waals surface area contributed by atoms with Crippen molar-refractivity contribution in [3.8, 4) is 12.3 Å². The summed E-state index contributed by atoms with van der Waals surface area (Å²) >= 11 is 0. The van der Waals surface area contributed by atoms with E-state index in [1.165, 1.54) is 0 Å². The van der Waals surface area contributed by atoms with Crippen LogP contribution >= 0.6 is 0 Å². The smallest absolute Gasteiger partial charge is 0.0967 e. The van der Waals surface area contributed by atoms with Gasteiger partial charge in [0.1, 0.15) is 0 Å². The molecule has 0 amide bonds. The molecule has 0 saturated carbocycles. The van der Waals surface area contributed by atoms with Gasteiger partial charge in [0.05, 0.1) is 6.10 Å². The first-order valence-corrected chi connectivity index (χ1v) is 3.68. The highest BCUT2D eigenvalue weighted by Crippen LogP contribution is 2.27. The lowest BCUT2D eigenvalue weighted by atomic mass is 9.88. The molecule has 1 aliphatic rings. The maximum atomic E-state index is 9.49. The van der Waals surface area contributed by atoms with Gasteiger partial charge < -0.3 is 5.11 Å². The molecule has 0 heterocycles. The quantitative estimate of drug-likeness (QED) is 0.409. The Balaban J connectivity index is 2.98. The third kappa shape index (κ3) is 1.36. The van der Waals surface area contributed by atoms with Crippen LogP contribution in [0.25, 0.3) is 0 Å². The van der Waals surface area contributed by atoms with Crippen molar-refractivity contribution in [2.24, 2.45) is 0 Å². The first kappa shape index (κ1) is 8.10. The number of hydrogen-bond acceptors (Lipinski definition) is 1. The monoisotopic (exact) mass is 148 g/mol. The second kappa shape index (κ2) is 2.94. The molecule has 11 heavy (non-hydrogen) atoms. The van der Waals surface area contributed by atoms with Gasteiger partial charge in [0.25, 0.3) is 0 Å². The Kier molecular flexibility index (Phi) is 2.16. The van der Waals surface area contributed by atoms with Gasteiger partial charge in [0, 0.05) is 5.57 Å². The number of aliphatic hydroxyl groups is 1. The van der Waals surface area contributed by atoms with E-state index in [0.717, 1.165) is 29.6 Å². The van der Waals surface area contributed by atoms with E-state index in [0.29, 0.717) is 0 Å². The zero-order valence-electron chi connectivity index (χ0n) is 6.72. The highest BCUT2D eigenvalue weighted by atomic mass is 16.3. The summed E-state index contributed by atoms with van der Waals surface area (Å²) in [6.07, 6.45) is 6.42. The molecule has 1 aliphatic carbocycles. The number of hydrogen-bond donors (Lipinski definition) is 1. The molecule has 0 radical (unpaired) electrons. The van der Waals surface area contributed by atoms with Crippen molar-refractivity contribution in [2.45, 2.75) is 25.9 Å². The van der Waals surface area contributed by atoms with Gasteiger partial charge in [0.2, 0.25) is 0 Å². The van der Waals surface area contributed by atoms with Gasteiger partial charge in [-0.2, -0.15) is 0 Å². The van der Waals surface area contributed by atoms with Crippen LogP contribution in [0, 0.1) is 12.3 Å². The molecule has 0 saturated heterocycles. The van der Waals surface area contributed by atoms with Gasteiger partial charge in [-0.3, -0.25) is 0 Å². The van der Waals surface area contributed by atoms with E-state index in [9.17, 15) is 5.11 Å². The van der Waals surface area contributed by atoms with Gasteiger partial charge in [-0.1, -0.05) is 12.5 Å². The summed E-state index contributed by atoms with van der Waals surface area (Å²) in [4.78, 5) is 0. The molecule has 58 valence electrons. The first-order valence-electron chi connectivity index (χ1n) is 3.68. The molecule has 1 N–H and O–H groups in total. The molecular weight excluding hydrogens is 136 g/mol. The molecule has 0 aromatic carbocycles. The fourth-order valence-corrected chi connectivity index (χ4v) is 1.28. The molecule has 1 atom stereocenters. The normalized spacial score (nSPS) is 25.2. The minimum atomic E-state index is -0.505. The van der Waals surface area contributed by atoms with E-state index in [4.69, 9.17) is 6.42 Å². The minimum Gasteiger partial charge on any atom is -0.384 e. The van der Waals surface area contributed by atoms with Crippen LogP contribution in [0.4, 0.5) is 0 Å². The zero-order chi connectivity index (χ0) is 8.43. The van der Waals surface area contributed by atoms with Gasteiger partial charge in [-0.05, 0) is 30.9 Å². The Bertz CT molecular complexity index is 253. The molecular formula is C10H12O. The fourth-order valence-electron chi connectivity index (χ4n) is 1.28. The molecule has 0 unspecified atom stereocenters. The highest BCUT2D eigenvalue weighted by Gasteiger charge is 2.19. The molecule has 0 spiro atoms. The zero-order valence-corrected chi connectivity index (χ0v) is 6.72. The molecule has 1 heteroatoms. The van der Waals surface area contributed by atoms with Gasteiger partial charge in [0.15, 0.2) is 0 Å². The first-order chi connectivity index (χ1) is 5.16. The van der Waals surface area contributed by atoms with E-state index < -0.39 is 6.10 Å². The van der Waals surface area contributed by atoms with Crippen LogP contribution in [-0.2, 0) is 0 Å². The SMILES string of the molecule is C#CC1=C(C)[C@@H](O)C(=C)CC1. The van der Waals surface area contributed by atoms with Gasteiger partial charge >= 0.3 is 0 Å². The fraction of sp³-hybridized carbons (Fsp3) is 0.400. The molecule has 0 aliphatic heterocycles. The van der Waals surface area contributed by atoms with E-state index in [-0.39, 0.29) is 0 Å². The summed E-state index contributed by atoms with van der Waals surface area (Å²) in [7, 11) is 0. The number of allylic oxidation sites excluding steroid dienone is 1. The van der Waals surface area contributed by atoms with Crippen LogP contribution in [0.2, 0.25) is 0 Å². The second-order valence-electron chi connectivity index (χ2n) is 2.87. The van der Waals surface area contributed by atoms with Gasteiger partial charge in [-0.25, -0.2) is 0 Å². The number of aliphatic hydroxyl groups excluding tert-OH is 1. The topological polar surface area (TPSA) is 20.2 Å². The van der Waals surface area contributed by atoms with Crippen molar-refractivity contribution in [1.29, 1.82) is 0 Å². The number of rotatable bonds is 0. The summed E-state index contributed by atoms with van der Waals surface area (Å²) in [5.74, 6) is 2.58. The van der Waals surface area contributed by atoms with Crippen LogP contribution in [0.3, 0.4) is 0 Å². The van der Waals surface area contributed by atoms with Gasteiger partial charge in [-0.15, -0.1) is 6.42 Å². The van der Waals surface area contributed by atoms with E-state index in [1.54, 1.807) is 0 Å². The summed E-state index contributed by atoms with van der Waals surface area (Å²) in [5.41, 5.74) is 2.70. The molecule has 0 aromatic rings. The van der Waals surface area contributed by atoms with Crippen LogP contribution in [0.5, 0.6) is 0 Å². The summed E-state index contributed by atoms with van der Waals surface area (Å²) in [5, 5.41) is 9.49. The average Bonchev–Trinajstić information content (AvgIpc) is 2.01. The predicted molar refractivity (Wildman–Crippen MR) is 45.9 cm³/mol. The van der Waals surface area contributed by atoms with E-state index in [1.807, 2.05) is 6.92 Å². The summed E-state index contributed by atoms with van der Waals surface area (Å²) < 4.78 is 0.